The van der Waals surface area contributed by atoms with Gasteiger partial charge in [0.2, 0.25) is 0 Å². The van der Waals surface area contributed by atoms with Gasteiger partial charge in [0.15, 0.2) is 0 Å². The molecule has 5 heteroatoms. The third-order valence-electron chi connectivity index (χ3n) is 4.01. The molecule has 0 bridgehead atoms. The quantitative estimate of drug-likeness (QED) is 0.906. The van der Waals surface area contributed by atoms with Crippen LogP contribution in [0.4, 0.5) is 8.78 Å². The second-order valence-electron chi connectivity index (χ2n) is 5.42. The number of likely N-dealkylation sites (tertiary alicyclic amines) is 1. The minimum absolute atomic E-state index is 0.145. The Morgan fingerprint density at radius 1 is 1.35 bits per heavy atom. The molecule has 1 N–H and O–H groups in total. The molecule has 2 rings (SSSR count). The molecular formula is C15H19F2NO2. The number of halogens is 2. The first-order valence-electron chi connectivity index (χ1n) is 6.83. The van der Waals surface area contributed by atoms with Crippen molar-refractivity contribution in [3.05, 3.63) is 34.9 Å². The highest BCUT2D eigenvalue weighted by atomic mass is 19.1. The molecule has 0 saturated carbocycles. The average Bonchev–Trinajstić information content (AvgIpc) is 2.43. The number of amides is 1. The highest BCUT2D eigenvalue weighted by Gasteiger charge is 2.29. The highest BCUT2D eigenvalue weighted by Crippen LogP contribution is 2.24. The Hall–Kier alpha value is -1.49. The fourth-order valence-electron chi connectivity index (χ4n) is 2.60. The van der Waals surface area contributed by atoms with Crippen LogP contribution in [-0.4, -0.2) is 35.1 Å². The van der Waals surface area contributed by atoms with Gasteiger partial charge in [-0.15, -0.1) is 0 Å². The van der Waals surface area contributed by atoms with Crippen molar-refractivity contribution in [2.75, 3.05) is 13.1 Å². The molecule has 1 amide bonds. The van der Waals surface area contributed by atoms with Crippen LogP contribution in [-0.2, 0) is 0 Å². The van der Waals surface area contributed by atoms with Crippen LogP contribution in [0.15, 0.2) is 12.1 Å². The standard InChI is InChI=1S/C15H19F2NO2/c1-9-3-4-12(16)13(14(9)17)15(20)18-7-5-11(6-8-18)10(2)19/h3-4,10-11,19H,5-8H2,1-2H3. The van der Waals surface area contributed by atoms with Crippen LogP contribution in [0.3, 0.4) is 0 Å². The van der Waals surface area contributed by atoms with Crippen LogP contribution < -0.4 is 0 Å². The van der Waals surface area contributed by atoms with E-state index in [1.807, 2.05) is 0 Å². The number of nitrogens with zero attached hydrogens (tertiary/aromatic N) is 1. The van der Waals surface area contributed by atoms with E-state index in [2.05, 4.69) is 0 Å². The van der Waals surface area contributed by atoms with E-state index in [1.54, 1.807) is 6.92 Å². The van der Waals surface area contributed by atoms with Crippen molar-refractivity contribution in [3.63, 3.8) is 0 Å². The molecule has 1 saturated heterocycles. The first-order chi connectivity index (χ1) is 9.41. The Labute approximate surface area is 117 Å². The lowest BCUT2D eigenvalue weighted by Crippen LogP contribution is -2.41. The van der Waals surface area contributed by atoms with Crippen molar-refractivity contribution in [2.45, 2.75) is 32.8 Å². The molecule has 0 aromatic heterocycles. The molecule has 1 fully saturated rings. The zero-order valence-corrected chi connectivity index (χ0v) is 11.7. The fraction of sp³-hybridized carbons (Fsp3) is 0.533. The zero-order valence-electron chi connectivity index (χ0n) is 11.7. The first-order valence-corrected chi connectivity index (χ1v) is 6.83. The van der Waals surface area contributed by atoms with Crippen molar-refractivity contribution in [1.29, 1.82) is 0 Å². The molecule has 1 aliphatic heterocycles. The van der Waals surface area contributed by atoms with Crippen LogP contribution in [0, 0.1) is 24.5 Å². The minimum Gasteiger partial charge on any atom is -0.393 e. The number of hydrogen-bond acceptors (Lipinski definition) is 2. The summed E-state index contributed by atoms with van der Waals surface area (Å²) in [5.74, 6) is -2.07. The maximum atomic E-state index is 13.9. The molecule has 0 spiro atoms. The van der Waals surface area contributed by atoms with Crippen LogP contribution in [0.5, 0.6) is 0 Å². The van der Waals surface area contributed by atoms with Gasteiger partial charge in [-0.1, -0.05) is 6.07 Å². The largest absolute Gasteiger partial charge is 0.393 e. The number of aryl methyl sites for hydroxylation is 1. The third kappa shape index (κ3) is 2.82. The number of benzene rings is 1. The molecule has 1 aliphatic rings. The molecule has 0 aliphatic carbocycles. The minimum atomic E-state index is -0.823. The first kappa shape index (κ1) is 14.9. The zero-order chi connectivity index (χ0) is 14.9. The Bertz CT molecular complexity index is 509. The lowest BCUT2D eigenvalue weighted by molar-refractivity contribution is 0.0514. The molecule has 1 heterocycles. The summed E-state index contributed by atoms with van der Waals surface area (Å²) in [5.41, 5.74) is -0.214. The number of hydrogen-bond donors (Lipinski definition) is 1. The number of carbonyl (C=O) groups is 1. The monoisotopic (exact) mass is 283 g/mol. The van der Waals surface area contributed by atoms with Gasteiger partial charge in [0.05, 0.1) is 6.10 Å². The molecule has 1 unspecified atom stereocenters. The van der Waals surface area contributed by atoms with E-state index in [1.165, 1.54) is 17.9 Å². The summed E-state index contributed by atoms with van der Waals surface area (Å²) in [6, 6.07) is 2.44. The van der Waals surface area contributed by atoms with E-state index in [0.717, 1.165) is 6.07 Å². The second-order valence-corrected chi connectivity index (χ2v) is 5.42. The van der Waals surface area contributed by atoms with Crippen LogP contribution in [0.25, 0.3) is 0 Å². The lowest BCUT2D eigenvalue weighted by Gasteiger charge is -2.33. The number of rotatable bonds is 2. The smallest absolute Gasteiger partial charge is 0.259 e. The summed E-state index contributed by atoms with van der Waals surface area (Å²) in [5, 5.41) is 9.52. The SMILES string of the molecule is Cc1ccc(F)c(C(=O)N2CCC(C(C)O)CC2)c1F. The molecule has 0 radical (unpaired) electrons. The molecular weight excluding hydrogens is 264 g/mol. The van der Waals surface area contributed by atoms with Gasteiger partial charge in [0, 0.05) is 13.1 Å². The predicted molar refractivity (Wildman–Crippen MR) is 71.4 cm³/mol. The third-order valence-corrected chi connectivity index (χ3v) is 4.01. The summed E-state index contributed by atoms with van der Waals surface area (Å²) in [6.07, 6.45) is 0.886. The Kier molecular flexibility index (Phi) is 4.38. The van der Waals surface area contributed by atoms with Gasteiger partial charge in [0.25, 0.3) is 5.91 Å². The van der Waals surface area contributed by atoms with Gasteiger partial charge < -0.3 is 10.0 Å². The second kappa shape index (κ2) is 5.87. The van der Waals surface area contributed by atoms with Crippen molar-refractivity contribution in [3.8, 4) is 0 Å². The topological polar surface area (TPSA) is 40.5 Å². The maximum absolute atomic E-state index is 13.9. The summed E-state index contributed by atoms with van der Waals surface area (Å²) in [6.45, 7) is 4.07. The maximum Gasteiger partial charge on any atom is 0.259 e. The molecule has 1 atom stereocenters. The average molecular weight is 283 g/mol. The van der Waals surface area contributed by atoms with Gasteiger partial charge in [-0.2, -0.15) is 0 Å². The normalized spacial score (nSPS) is 18.1. The van der Waals surface area contributed by atoms with E-state index >= 15 is 0 Å². The summed E-state index contributed by atoms with van der Waals surface area (Å²) < 4.78 is 27.7. The van der Waals surface area contributed by atoms with Crippen LogP contribution in [0.2, 0.25) is 0 Å². The van der Waals surface area contributed by atoms with Crippen molar-refractivity contribution in [1.82, 2.24) is 4.90 Å². The van der Waals surface area contributed by atoms with Crippen molar-refractivity contribution < 1.29 is 18.7 Å². The summed E-state index contributed by atoms with van der Waals surface area (Å²) in [4.78, 5) is 13.7. The molecule has 1 aromatic carbocycles. The molecule has 20 heavy (non-hydrogen) atoms. The Balaban J connectivity index is 2.16. The highest BCUT2D eigenvalue weighted by molar-refractivity contribution is 5.95. The van der Waals surface area contributed by atoms with E-state index in [0.29, 0.717) is 25.9 Å². The summed E-state index contributed by atoms with van der Waals surface area (Å²) in [7, 11) is 0. The van der Waals surface area contributed by atoms with E-state index < -0.39 is 29.2 Å². The molecule has 3 nitrogen and oxygen atoms in total. The van der Waals surface area contributed by atoms with Crippen molar-refractivity contribution in [2.24, 2.45) is 5.92 Å². The predicted octanol–water partition coefficient (Wildman–Crippen LogP) is 2.51. The van der Waals surface area contributed by atoms with E-state index in [4.69, 9.17) is 0 Å². The van der Waals surface area contributed by atoms with Gasteiger partial charge in [-0.25, -0.2) is 8.78 Å². The van der Waals surface area contributed by atoms with E-state index in [9.17, 15) is 18.7 Å². The van der Waals surface area contributed by atoms with Crippen LogP contribution >= 0.6 is 0 Å². The molecule has 110 valence electrons. The number of carbonyl (C=O) groups excluding carboxylic acids is 1. The fourth-order valence-corrected chi connectivity index (χ4v) is 2.60. The van der Waals surface area contributed by atoms with E-state index in [-0.39, 0.29) is 11.5 Å². The molecule has 1 aromatic rings. The number of aliphatic hydroxyl groups excluding tert-OH is 1. The van der Waals surface area contributed by atoms with Crippen LogP contribution in [0.1, 0.15) is 35.7 Å². The lowest BCUT2D eigenvalue weighted by atomic mass is 9.92. The van der Waals surface area contributed by atoms with Gasteiger partial charge in [-0.3, -0.25) is 4.79 Å². The van der Waals surface area contributed by atoms with Crippen molar-refractivity contribution >= 4 is 5.91 Å². The summed E-state index contributed by atoms with van der Waals surface area (Å²) >= 11 is 0. The van der Waals surface area contributed by atoms with Gasteiger partial charge in [-0.05, 0) is 44.2 Å². The Morgan fingerprint density at radius 2 is 1.95 bits per heavy atom. The van der Waals surface area contributed by atoms with Gasteiger partial charge >= 0.3 is 0 Å². The number of aliphatic hydroxyl groups is 1. The number of piperidine rings is 1. The van der Waals surface area contributed by atoms with Gasteiger partial charge in [0.1, 0.15) is 17.2 Å². The Morgan fingerprint density at radius 3 is 2.50 bits per heavy atom.